The lowest BCUT2D eigenvalue weighted by atomic mass is 10.1. The van der Waals surface area contributed by atoms with Gasteiger partial charge >= 0.3 is 0 Å². The van der Waals surface area contributed by atoms with E-state index in [9.17, 15) is 9.18 Å². The highest BCUT2D eigenvalue weighted by Crippen LogP contribution is 2.23. The minimum absolute atomic E-state index is 0.242. The van der Waals surface area contributed by atoms with Gasteiger partial charge in [-0.15, -0.1) is 0 Å². The quantitative estimate of drug-likeness (QED) is 0.555. The van der Waals surface area contributed by atoms with Crippen LogP contribution in [0.4, 0.5) is 4.39 Å². The fourth-order valence-electron chi connectivity index (χ4n) is 2.52. The molecule has 1 N–H and O–H groups in total. The van der Waals surface area contributed by atoms with Gasteiger partial charge < -0.3 is 10.1 Å². The summed E-state index contributed by atoms with van der Waals surface area (Å²) in [4.78, 5) is 16.3. The number of hydrogen-bond donors (Lipinski definition) is 1. The molecule has 0 saturated heterocycles. The molecule has 6 heteroatoms. The zero-order valence-electron chi connectivity index (χ0n) is 15.1. The molecule has 1 heterocycles. The van der Waals surface area contributed by atoms with Gasteiger partial charge in [0.15, 0.2) is 0 Å². The summed E-state index contributed by atoms with van der Waals surface area (Å²) in [6.45, 7) is 1.87. The first-order valence-electron chi connectivity index (χ1n) is 8.64. The molecule has 1 atom stereocenters. The molecule has 3 aromatic rings. The Morgan fingerprint density at radius 3 is 2.79 bits per heavy atom. The second-order valence-electron chi connectivity index (χ2n) is 6.07. The highest BCUT2D eigenvalue weighted by atomic mass is 35.5. The first kappa shape index (κ1) is 19.6. The maximum absolute atomic E-state index is 13.1. The van der Waals surface area contributed by atoms with E-state index in [2.05, 4.69) is 10.3 Å². The molecule has 0 aliphatic heterocycles. The molecule has 1 amide bonds. The Balaban J connectivity index is 1.63. The first-order valence-corrected chi connectivity index (χ1v) is 9.01. The van der Waals surface area contributed by atoms with E-state index >= 15 is 0 Å². The van der Waals surface area contributed by atoms with Gasteiger partial charge in [0, 0.05) is 18.3 Å². The minimum atomic E-state index is -0.423. The predicted molar refractivity (Wildman–Crippen MR) is 108 cm³/mol. The van der Waals surface area contributed by atoms with Crippen molar-refractivity contribution in [3.05, 3.63) is 94.9 Å². The lowest BCUT2D eigenvalue weighted by Crippen LogP contribution is -2.24. The van der Waals surface area contributed by atoms with E-state index in [0.29, 0.717) is 17.2 Å². The zero-order chi connectivity index (χ0) is 19.9. The van der Waals surface area contributed by atoms with Crippen molar-refractivity contribution in [1.29, 1.82) is 0 Å². The molecule has 2 aromatic carbocycles. The molecular weight excluding hydrogens is 379 g/mol. The van der Waals surface area contributed by atoms with Gasteiger partial charge in [0.05, 0.1) is 11.1 Å². The standard InChI is InChI=1S/C22H18ClFN2O2/c1-15(26-21(27)11-9-16-8-10-18(24)14-20(16)23)17-5-4-6-19(13-17)28-22-7-2-3-12-25-22/h2-15H,1H3,(H,26,27)/b11-9+/t15-/m0/s1. The normalized spacial score (nSPS) is 12.0. The summed E-state index contributed by atoms with van der Waals surface area (Å²) in [5.41, 5.74) is 1.45. The summed E-state index contributed by atoms with van der Waals surface area (Å²) >= 11 is 5.96. The Hall–Kier alpha value is -3.18. The molecule has 1 aromatic heterocycles. The first-order chi connectivity index (χ1) is 13.5. The van der Waals surface area contributed by atoms with Crippen molar-refractivity contribution in [1.82, 2.24) is 10.3 Å². The van der Waals surface area contributed by atoms with E-state index in [1.54, 1.807) is 18.3 Å². The van der Waals surface area contributed by atoms with Crippen LogP contribution in [0.5, 0.6) is 11.6 Å². The Morgan fingerprint density at radius 1 is 1.18 bits per heavy atom. The largest absolute Gasteiger partial charge is 0.439 e. The van der Waals surface area contributed by atoms with Crippen LogP contribution in [0.15, 0.2) is 72.9 Å². The molecule has 28 heavy (non-hydrogen) atoms. The lowest BCUT2D eigenvalue weighted by molar-refractivity contribution is -0.117. The van der Waals surface area contributed by atoms with E-state index in [0.717, 1.165) is 5.56 Å². The lowest BCUT2D eigenvalue weighted by Gasteiger charge is -2.14. The van der Waals surface area contributed by atoms with Crippen molar-refractivity contribution >= 4 is 23.6 Å². The van der Waals surface area contributed by atoms with Crippen LogP contribution in [0.25, 0.3) is 6.08 Å². The zero-order valence-corrected chi connectivity index (χ0v) is 15.9. The molecule has 4 nitrogen and oxygen atoms in total. The van der Waals surface area contributed by atoms with Gasteiger partial charge in [0.25, 0.3) is 0 Å². The number of carbonyl (C=O) groups excluding carboxylic acids is 1. The van der Waals surface area contributed by atoms with Gasteiger partial charge in [0.2, 0.25) is 11.8 Å². The number of benzene rings is 2. The maximum Gasteiger partial charge on any atom is 0.244 e. The Morgan fingerprint density at radius 2 is 2.04 bits per heavy atom. The highest BCUT2D eigenvalue weighted by Gasteiger charge is 2.09. The topological polar surface area (TPSA) is 51.2 Å². The van der Waals surface area contributed by atoms with Gasteiger partial charge in [-0.25, -0.2) is 9.37 Å². The average Bonchev–Trinajstić information content (AvgIpc) is 2.68. The number of nitrogens with zero attached hydrogens (tertiary/aromatic N) is 1. The number of hydrogen-bond acceptors (Lipinski definition) is 3. The number of ether oxygens (including phenoxy) is 1. The Kier molecular flexibility index (Phi) is 6.40. The fraction of sp³-hybridized carbons (Fsp3) is 0.0909. The summed E-state index contributed by atoms with van der Waals surface area (Å²) in [6.07, 6.45) is 4.57. The number of aromatic nitrogens is 1. The summed E-state index contributed by atoms with van der Waals surface area (Å²) < 4.78 is 18.8. The maximum atomic E-state index is 13.1. The summed E-state index contributed by atoms with van der Waals surface area (Å²) in [5, 5.41) is 3.12. The third-order valence-electron chi connectivity index (χ3n) is 3.95. The average molecular weight is 397 g/mol. The van der Waals surface area contributed by atoms with Crippen LogP contribution in [0.2, 0.25) is 5.02 Å². The molecule has 0 fully saturated rings. The molecule has 0 aliphatic rings. The van der Waals surface area contributed by atoms with Crippen LogP contribution in [-0.2, 0) is 4.79 Å². The van der Waals surface area contributed by atoms with Crippen molar-refractivity contribution in [2.24, 2.45) is 0 Å². The van der Waals surface area contributed by atoms with Crippen molar-refractivity contribution in [2.45, 2.75) is 13.0 Å². The number of nitrogens with one attached hydrogen (secondary N) is 1. The van der Waals surface area contributed by atoms with Crippen LogP contribution in [0.3, 0.4) is 0 Å². The van der Waals surface area contributed by atoms with Crippen LogP contribution in [-0.4, -0.2) is 10.9 Å². The van der Waals surface area contributed by atoms with Crippen molar-refractivity contribution in [2.75, 3.05) is 0 Å². The van der Waals surface area contributed by atoms with Crippen LogP contribution < -0.4 is 10.1 Å². The molecular formula is C22H18ClFN2O2. The molecule has 0 saturated carbocycles. The van der Waals surface area contributed by atoms with E-state index in [1.165, 1.54) is 24.3 Å². The van der Waals surface area contributed by atoms with Gasteiger partial charge in [-0.05, 0) is 54.5 Å². The molecule has 0 aliphatic carbocycles. The van der Waals surface area contributed by atoms with Crippen LogP contribution in [0, 0.1) is 5.82 Å². The summed E-state index contributed by atoms with van der Waals surface area (Å²) in [5.74, 6) is 0.415. The van der Waals surface area contributed by atoms with Crippen molar-refractivity contribution < 1.29 is 13.9 Å². The molecule has 0 spiro atoms. The van der Waals surface area contributed by atoms with Gasteiger partial charge in [-0.1, -0.05) is 35.9 Å². The molecule has 3 rings (SSSR count). The van der Waals surface area contributed by atoms with Gasteiger partial charge in [-0.2, -0.15) is 0 Å². The number of halogens is 2. The molecule has 0 bridgehead atoms. The Bertz CT molecular complexity index is 993. The fourth-order valence-corrected chi connectivity index (χ4v) is 2.75. The van der Waals surface area contributed by atoms with E-state index < -0.39 is 5.82 Å². The minimum Gasteiger partial charge on any atom is -0.439 e. The van der Waals surface area contributed by atoms with Crippen molar-refractivity contribution in [3.63, 3.8) is 0 Å². The van der Waals surface area contributed by atoms with E-state index in [-0.39, 0.29) is 17.0 Å². The SMILES string of the molecule is C[C@H](NC(=O)/C=C/c1ccc(F)cc1Cl)c1cccc(Oc2ccccn2)c1. The monoisotopic (exact) mass is 396 g/mol. The third kappa shape index (κ3) is 5.41. The third-order valence-corrected chi connectivity index (χ3v) is 4.28. The van der Waals surface area contributed by atoms with E-state index in [4.69, 9.17) is 16.3 Å². The smallest absolute Gasteiger partial charge is 0.244 e. The highest BCUT2D eigenvalue weighted by molar-refractivity contribution is 6.32. The van der Waals surface area contributed by atoms with Crippen molar-refractivity contribution in [3.8, 4) is 11.6 Å². The van der Waals surface area contributed by atoms with Crippen LogP contribution >= 0.6 is 11.6 Å². The van der Waals surface area contributed by atoms with Gasteiger partial charge in [-0.3, -0.25) is 4.79 Å². The van der Waals surface area contributed by atoms with E-state index in [1.807, 2.05) is 43.3 Å². The second kappa shape index (κ2) is 9.15. The number of pyridine rings is 1. The number of rotatable bonds is 6. The second-order valence-corrected chi connectivity index (χ2v) is 6.48. The number of carbonyl (C=O) groups is 1. The van der Waals surface area contributed by atoms with Gasteiger partial charge in [0.1, 0.15) is 11.6 Å². The molecule has 0 radical (unpaired) electrons. The number of amides is 1. The summed E-state index contributed by atoms with van der Waals surface area (Å²) in [6, 6.07) is 16.6. The van der Waals surface area contributed by atoms with Crippen LogP contribution in [0.1, 0.15) is 24.1 Å². The Labute approximate surface area is 167 Å². The predicted octanol–water partition coefficient (Wildman–Crippen LogP) is 5.56. The molecule has 0 unspecified atom stereocenters. The molecule has 142 valence electrons. The summed E-state index contributed by atoms with van der Waals surface area (Å²) in [7, 11) is 0.